The van der Waals surface area contributed by atoms with Crippen molar-refractivity contribution < 1.29 is 4.79 Å². The average Bonchev–Trinajstić information content (AvgIpc) is 3.09. The molecule has 0 aliphatic carbocycles. The Balaban J connectivity index is 1.55. The van der Waals surface area contributed by atoms with Crippen LogP contribution in [-0.2, 0) is 4.79 Å². The lowest BCUT2D eigenvalue weighted by molar-refractivity contribution is -0.115. The van der Waals surface area contributed by atoms with Gasteiger partial charge in [0.05, 0.1) is 0 Å². The normalized spacial score (nSPS) is 14.1. The number of amides is 1. The van der Waals surface area contributed by atoms with Gasteiger partial charge in [0.15, 0.2) is 0 Å². The third-order valence-electron chi connectivity index (χ3n) is 4.62. The van der Waals surface area contributed by atoms with Gasteiger partial charge in [-0.05, 0) is 38.3 Å². The van der Waals surface area contributed by atoms with E-state index in [-0.39, 0.29) is 12.3 Å². The molecule has 0 saturated carbocycles. The summed E-state index contributed by atoms with van der Waals surface area (Å²) in [5, 5.41) is 5.85. The van der Waals surface area contributed by atoms with Crippen LogP contribution in [0.5, 0.6) is 0 Å². The van der Waals surface area contributed by atoms with Gasteiger partial charge in [-0.15, -0.1) is 0 Å². The van der Waals surface area contributed by atoms with Crippen LogP contribution in [0.4, 0.5) is 17.1 Å². The Bertz CT molecular complexity index is 859. The van der Waals surface area contributed by atoms with E-state index in [4.69, 9.17) is 0 Å². The molecule has 1 amide bonds. The molecule has 2 N–H and O–H groups in total. The van der Waals surface area contributed by atoms with Crippen molar-refractivity contribution in [2.45, 2.75) is 33.1 Å². The van der Waals surface area contributed by atoms with Crippen LogP contribution < -0.4 is 26.4 Å². The molecule has 0 radical (unpaired) electrons. The topological polar surface area (TPSA) is 78.5 Å². The Morgan fingerprint density at radius 3 is 2.52 bits per heavy atom. The maximum Gasteiger partial charge on any atom is 0.253 e. The molecule has 2 aromatic carbocycles. The number of aryl methyl sites for hydroxylation is 2. The first-order valence-electron chi connectivity index (χ1n) is 8.66. The fraction of sp³-hybridized carbons (Fsp3) is 0.421. The molecule has 2 aromatic rings. The lowest BCUT2D eigenvalue weighted by Crippen LogP contribution is -2.42. The van der Waals surface area contributed by atoms with Crippen molar-refractivity contribution in [1.29, 1.82) is 0 Å². The number of carbonyl (C=O) groups excluding carboxylic acids is 1. The highest BCUT2D eigenvalue weighted by Crippen LogP contribution is 2.24. The van der Waals surface area contributed by atoms with Crippen molar-refractivity contribution in [2.75, 3.05) is 35.2 Å². The average molecular weight is 341 g/mol. The van der Waals surface area contributed by atoms with Gasteiger partial charge in [0.2, 0.25) is 5.91 Å². The summed E-state index contributed by atoms with van der Waals surface area (Å²) < 4.78 is 0. The predicted molar refractivity (Wildman–Crippen MR) is 100 cm³/mol. The zero-order valence-electron chi connectivity index (χ0n) is 14.6. The highest BCUT2D eigenvalue weighted by atomic mass is 16.2. The first-order valence-corrected chi connectivity index (χ1v) is 8.66. The molecule has 0 aromatic heterocycles. The first-order chi connectivity index (χ1) is 12.0. The Morgan fingerprint density at radius 1 is 1.12 bits per heavy atom. The molecule has 1 saturated heterocycles. The van der Waals surface area contributed by atoms with Crippen molar-refractivity contribution in [1.82, 2.24) is 0 Å². The van der Waals surface area contributed by atoms with Gasteiger partial charge in [-0.25, -0.2) is 0 Å². The SMILES string of the molecule is Cc1ccc(NC(=O)CCNc2c(N3CCCC3)c(=O)c2=O)c(C)c1. The van der Waals surface area contributed by atoms with E-state index in [1.54, 1.807) is 0 Å². The van der Waals surface area contributed by atoms with E-state index < -0.39 is 10.9 Å². The molecule has 1 fully saturated rings. The minimum Gasteiger partial charge on any atom is -0.379 e. The van der Waals surface area contributed by atoms with Gasteiger partial charge in [-0.3, -0.25) is 14.4 Å². The maximum atomic E-state index is 12.1. The number of anilines is 3. The number of hydrogen-bond acceptors (Lipinski definition) is 5. The number of hydrogen-bond donors (Lipinski definition) is 2. The van der Waals surface area contributed by atoms with Gasteiger partial charge >= 0.3 is 0 Å². The standard InChI is InChI=1S/C19H23N3O3/c1-12-5-6-14(13(2)11-12)21-15(23)7-8-20-16-17(19(25)18(16)24)22-9-3-4-10-22/h5-6,11,20H,3-4,7-10H2,1-2H3,(H,21,23). The number of nitrogens with zero attached hydrogens (tertiary/aromatic N) is 1. The number of carbonyl (C=O) groups is 1. The Labute approximate surface area is 146 Å². The van der Waals surface area contributed by atoms with Gasteiger partial charge < -0.3 is 15.5 Å². The van der Waals surface area contributed by atoms with Crippen LogP contribution >= 0.6 is 0 Å². The molecule has 1 aliphatic rings. The van der Waals surface area contributed by atoms with Crippen molar-refractivity contribution >= 4 is 23.0 Å². The summed E-state index contributed by atoms with van der Waals surface area (Å²) in [5.41, 5.74) is 2.93. The molecule has 0 spiro atoms. The second-order valence-electron chi connectivity index (χ2n) is 6.62. The number of rotatable bonds is 6. The molecule has 1 heterocycles. The summed E-state index contributed by atoms with van der Waals surface area (Å²) in [6, 6.07) is 5.85. The third-order valence-corrected chi connectivity index (χ3v) is 4.62. The van der Waals surface area contributed by atoms with Crippen LogP contribution in [0.25, 0.3) is 0 Å². The minimum atomic E-state index is -0.475. The fourth-order valence-corrected chi connectivity index (χ4v) is 3.25. The molecule has 0 unspecified atom stereocenters. The van der Waals surface area contributed by atoms with Crippen molar-refractivity contribution in [2.24, 2.45) is 0 Å². The van der Waals surface area contributed by atoms with Crippen LogP contribution in [0.2, 0.25) is 0 Å². The van der Waals surface area contributed by atoms with Crippen LogP contribution in [0, 0.1) is 13.8 Å². The molecule has 3 rings (SSSR count). The molecular formula is C19H23N3O3. The molecule has 25 heavy (non-hydrogen) atoms. The highest BCUT2D eigenvalue weighted by Gasteiger charge is 2.27. The summed E-state index contributed by atoms with van der Waals surface area (Å²) in [4.78, 5) is 37.6. The highest BCUT2D eigenvalue weighted by molar-refractivity contribution is 5.92. The van der Waals surface area contributed by atoms with Gasteiger partial charge in [0.25, 0.3) is 10.9 Å². The van der Waals surface area contributed by atoms with E-state index in [1.807, 2.05) is 36.9 Å². The summed E-state index contributed by atoms with van der Waals surface area (Å²) in [6.45, 7) is 5.90. The van der Waals surface area contributed by atoms with Crippen LogP contribution in [0.3, 0.4) is 0 Å². The number of benzene rings is 1. The summed E-state index contributed by atoms with van der Waals surface area (Å²) >= 11 is 0. The quantitative estimate of drug-likeness (QED) is 0.785. The van der Waals surface area contributed by atoms with Gasteiger partial charge in [-0.1, -0.05) is 17.7 Å². The lowest BCUT2D eigenvalue weighted by atomic mass is 10.1. The Morgan fingerprint density at radius 2 is 1.84 bits per heavy atom. The zero-order chi connectivity index (χ0) is 18.0. The predicted octanol–water partition coefficient (Wildman–Crippen LogP) is 1.94. The van der Waals surface area contributed by atoms with Crippen LogP contribution in [0.1, 0.15) is 30.4 Å². The molecule has 6 nitrogen and oxygen atoms in total. The minimum absolute atomic E-state index is 0.124. The maximum absolute atomic E-state index is 12.1. The number of nitrogens with one attached hydrogen (secondary N) is 2. The van der Waals surface area contributed by atoms with E-state index in [1.165, 1.54) is 0 Å². The molecular weight excluding hydrogens is 318 g/mol. The zero-order valence-corrected chi connectivity index (χ0v) is 14.6. The molecule has 0 atom stereocenters. The molecule has 6 heteroatoms. The second kappa shape index (κ2) is 7.09. The Kier molecular flexibility index (Phi) is 4.88. The molecule has 0 bridgehead atoms. The fourth-order valence-electron chi connectivity index (χ4n) is 3.25. The lowest BCUT2D eigenvalue weighted by Gasteiger charge is -2.22. The van der Waals surface area contributed by atoms with E-state index in [9.17, 15) is 14.4 Å². The molecule has 1 aliphatic heterocycles. The van der Waals surface area contributed by atoms with Crippen molar-refractivity contribution in [3.05, 3.63) is 49.8 Å². The summed E-state index contributed by atoms with van der Waals surface area (Å²) in [5.74, 6) is -0.124. The first kappa shape index (κ1) is 17.2. The second-order valence-corrected chi connectivity index (χ2v) is 6.62. The Hall–Kier alpha value is -2.63. The van der Waals surface area contributed by atoms with E-state index >= 15 is 0 Å². The van der Waals surface area contributed by atoms with Gasteiger partial charge in [0.1, 0.15) is 11.4 Å². The van der Waals surface area contributed by atoms with Gasteiger partial charge in [-0.2, -0.15) is 0 Å². The van der Waals surface area contributed by atoms with Crippen molar-refractivity contribution in [3.63, 3.8) is 0 Å². The van der Waals surface area contributed by atoms with Gasteiger partial charge in [0, 0.05) is 31.7 Å². The summed E-state index contributed by atoms with van der Waals surface area (Å²) in [7, 11) is 0. The third kappa shape index (κ3) is 3.57. The smallest absolute Gasteiger partial charge is 0.253 e. The van der Waals surface area contributed by atoms with Crippen LogP contribution in [0.15, 0.2) is 27.8 Å². The van der Waals surface area contributed by atoms with E-state index in [2.05, 4.69) is 10.6 Å². The van der Waals surface area contributed by atoms with E-state index in [0.717, 1.165) is 42.7 Å². The molecule has 132 valence electrons. The van der Waals surface area contributed by atoms with Crippen LogP contribution in [-0.4, -0.2) is 25.5 Å². The van der Waals surface area contributed by atoms with Crippen molar-refractivity contribution in [3.8, 4) is 0 Å². The monoisotopic (exact) mass is 341 g/mol. The summed E-state index contributed by atoms with van der Waals surface area (Å²) in [6.07, 6.45) is 2.30. The van der Waals surface area contributed by atoms with E-state index in [0.29, 0.717) is 17.9 Å². The largest absolute Gasteiger partial charge is 0.379 e.